The van der Waals surface area contributed by atoms with Crippen molar-refractivity contribution in [2.75, 3.05) is 0 Å². The van der Waals surface area contributed by atoms with E-state index in [1.807, 2.05) is 29.6 Å². The molecule has 2 N–H and O–H groups in total. The molecule has 0 amide bonds. The van der Waals surface area contributed by atoms with Crippen LogP contribution in [0.15, 0.2) is 29.6 Å². The summed E-state index contributed by atoms with van der Waals surface area (Å²) < 4.78 is 3.80. The summed E-state index contributed by atoms with van der Waals surface area (Å²) in [5.41, 5.74) is 2.99. The Balaban J connectivity index is 2.22. The molecule has 0 aliphatic heterocycles. The summed E-state index contributed by atoms with van der Waals surface area (Å²) in [5, 5.41) is 5.89. The molecule has 0 bridgehead atoms. The monoisotopic (exact) mass is 207 g/mol. The predicted molar refractivity (Wildman–Crippen MR) is 54.3 cm³/mol. The minimum absolute atomic E-state index is 0.426. The average molecular weight is 207 g/mol. The van der Waals surface area contributed by atoms with Crippen molar-refractivity contribution in [2.24, 2.45) is 5.90 Å². The first-order valence-electron chi connectivity index (χ1n) is 4.08. The second-order valence-corrected chi connectivity index (χ2v) is 3.41. The highest BCUT2D eigenvalue weighted by Gasteiger charge is 2.00. The van der Waals surface area contributed by atoms with Crippen LogP contribution in [0.25, 0.3) is 11.3 Å². The van der Waals surface area contributed by atoms with E-state index in [2.05, 4.69) is 14.4 Å². The zero-order chi connectivity index (χ0) is 9.80. The van der Waals surface area contributed by atoms with Crippen molar-refractivity contribution in [3.63, 3.8) is 0 Å². The van der Waals surface area contributed by atoms with Gasteiger partial charge in [0.05, 0.1) is 6.61 Å². The molecule has 14 heavy (non-hydrogen) atoms. The van der Waals surface area contributed by atoms with Crippen LogP contribution in [0.4, 0.5) is 0 Å². The zero-order valence-electron chi connectivity index (χ0n) is 7.38. The second-order valence-electron chi connectivity index (χ2n) is 2.80. The van der Waals surface area contributed by atoms with Crippen LogP contribution >= 0.6 is 11.5 Å². The van der Waals surface area contributed by atoms with Gasteiger partial charge in [-0.05, 0) is 17.1 Å². The topological polar surface area (TPSA) is 61.0 Å². The summed E-state index contributed by atoms with van der Waals surface area (Å²) in [6, 6.07) is 7.87. The molecule has 0 unspecified atom stereocenters. The van der Waals surface area contributed by atoms with Crippen molar-refractivity contribution in [2.45, 2.75) is 6.61 Å². The van der Waals surface area contributed by atoms with Gasteiger partial charge in [0.2, 0.25) is 0 Å². The maximum Gasteiger partial charge on any atom is 0.105 e. The Morgan fingerprint density at radius 3 is 2.64 bits per heavy atom. The van der Waals surface area contributed by atoms with Gasteiger partial charge in [0.25, 0.3) is 0 Å². The van der Waals surface area contributed by atoms with Crippen molar-refractivity contribution >= 4 is 11.5 Å². The van der Waals surface area contributed by atoms with Crippen molar-refractivity contribution in [1.82, 2.24) is 9.59 Å². The Bertz CT molecular complexity index is 385. The maximum absolute atomic E-state index is 4.97. The number of nitrogens with two attached hydrogens (primary N) is 1. The van der Waals surface area contributed by atoms with Gasteiger partial charge in [-0.2, -0.15) is 0 Å². The lowest BCUT2D eigenvalue weighted by molar-refractivity contribution is 0.124. The van der Waals surface area contributed by atoms with Crippen molar-refractivity contribution < 1.29 is 4.84 Å². The van der Waals surface area contributed by atoms with E-state index in [9.17, 15) is 0 Å². The van der Waals surface area contributed by atoms with Gasteiger partial charge in [-0.25, -0.2) is 5.90 Å². The predicted octanol–water partition coefficient (Wildman–Crippen LogP) is 1.60. The summed E-state index contributed by atoms with van der Waals surface area (Å²) in [7, 11) is 0. The molecule has 0 aliphatic rings. The van der Waals surface area contributed by atoms with Crippen molar-refractivity contribution in [1.29, 1.82) is 0 Å². The number of nitrogens with zero attached hydrogens (tertiary/aromatic N) is 2. The number of hydrogen-bond acceptors (Lipinski definition) is 5. The van der Waals surface area contributed by atoms with Crippen LogP contribution in [0.5, 0.6) is 0 Å². The van der Waals surface area contributed by atoms with E-state index in [1.165, 1.54) is 11.5 Å². The van der Waals surface area contributed by atoms with Gasteiger partial charge in [-0.15, -0.1) is 5.10 Å². The number of hydrogen-bond donors (Lipinski definition) is 1. The molecule has 72 valence electrons. The van der Waals surface area contributed by atoms with Gasteiger partial charge < -0.3 is 0 Å². The highest BCUT2D eigenvalue weighted by molar-refractivity contribution is 7.03. The molecule has 0 radical (unpaired) electrons. The van der Waals surface area contributed by atoms with E-state index in [4.69, 9.17) is 5.90 Å². The Kier molecular flexibility index (Phi) is 2.83. The standard InChI is InChI=1S/C9H9N3OS/c10-13-5-7-1-3-8(4-2-7)9-6-14-12-11-9/h1-4,6H,5,10H2. The van der Waals surface area contributed by atoms with Gasteiger partial charge in [-0.1, -0.05) is 28.8 Å². The quantitative estimate of drug-likeness (QED) is 0.776. The number of benzene rings is 1. The third kappa shape index (κ3) is 1.95. The minimum Gasteiger partial charge on any atom is -0.300 e. The molecule has 1 aromatic carbocycles. The molecule has 0 fully saturated rings. The van der Waals surface area contributed by atoms with Crippen LogP contribution in [0.1, 0.15) is 5.56 Å². The lowest BCUT2D eigenvalue weighted by Gasteiger charge is -1.99. The number of rotatable bonds is 3. The Hall–Kier alpha value is -1.30. The van der Waals surface area contributed by atoms with Crippen LogP contribution in [0, 0.1) is 0 Å². The summed E-state index contributed by atoms with van der Waals surface area (Å²) in [6.45, 7) is 0.426. The first-order valence-corrected chi connectivity index (χ1v) is 4.92. The fourth-order valence-electron chi connectivity index (χ4n) is 1.16. The highest BCUT2D eigenvalue weighted by Crippen LogP contribution is 2.18. The first kappa shape index (κ1) is 9.26. The molecule has 0 aliphatic carbocycles. The van der Waals surface area contributed by atoms with E-state index in [-0.39, 0.29) is 0 Å². The number of aromatic nitrogens is 2. The smallest absolute Gasteiger partial charge is 0.105 e. The van der Waals surface area contributed by atoms with E-state index in [0.29, 0.717) is 6.61 Å². The van der Waals surface area contributed by atoms with E-state index >= 15 is 0 Å². The summed E-state index contributed by atoms with van der Waals surface area (Å²) in [5.74, 6) is 4.97. The van der Waals surface area contributed by atoms with Gasteiger partial charge in [0.1, 0.15) is 5.69 Å². The molecule has 1 aromatic heterocycles. The third-order valence-corrected chi connectivity index (χ3v) is 2.36. The Labute approximate surface area is 85.5 Å². The first-order chi connectivity index (χ1) is 6.90. The molecule has 0 saturated carbocycles. The molecule has 5 heteroatoms. The van der Waals surface area contributed by atoms with Crippen LogP contribution in [-0.2, 0) is 11.4 Å². The van der Waals surface area contributed by atoms with Crippen LogP contribution in [0.2, 0.25) is 0 Å². The fourth-order valence-corrected chi connectivity index (χ4v) is 1.62. The lowest BCUT2D eigenvalue weighted by Crippen LogP contribution is -1.98. The van der Waals surface area contributed by atoms with Crippen LogP contribution in [-0.4, -0.2) is 9.59 Å². The largest absolute Gasteiger partial charge is 0.300 e. The van der Waals surface area contributed by atoms with Crippen molar-refractivity contribution in [3.05, 3.63) is 35.2 Å². The Morgan fingerprint density at radius 1 is 1.29 bits per heavy atom. The molecule has 0 spiro atoms. The average Bonchev–Trinajstić information content (AvgIpc) is 2.72. The second kappa shape index (κ2) is 4.28. The molecule has 2 aromatic rings. The zero-order valence-corrected chi connectivity index (χ0v) is 8.20. The van der Waals surface area contributed by atoms with Crippen LogP contribution in [0.3, 0.4) is 0 Å². The third-order valence-electron chi connectivity index (χ3n) is 1.86. The van der Waals surface area contributed by atoms with Crippen molar-refractivity contribution in [3.8, 4) is 11.3 Å². The normalized spacial score (nSPS) is 10.4. The molecular weight excluding hydrogens is 198 g/mol. The van der Waals surface area contributed by atoms with E-state index in [0.717, 1.165) is 16.8 Å². The highest BCUT2D eigenvalue weighted by atomic mass is 32.1. The molecule has 1 heterocycles. The van der Waals surface area contributed by atoms with Gasteiger partial charge >= 0.3 is 0 Å². The SMILES string of the molecule is NOCc1ccc(-c2csnn2)cc1. The van der Waals surface area contributed by atoms with Gasteiger partial charge in [0, 0.05) is 10.9 Å². The lowest BCUT2D eigenvalue weighted by atomic mass is 10.1. The summed E-state index contributed by atoms with van der Waals surface area (Å²) in [4.78, 5) is 4.53. The fraction of sp³-hybridized carbons (Fsp3) is 0.111. The van der Waals surface area contributed by atoms with Gasteiger partial charge in [0.15, 0.2) is 0 Å². The minimum atomic E-state index is 0.426. The summed E-state index contributed by atoms with van der Waals surface area (Å²) in [6.07, 6.45) is 0. The van der Waals surface area contributed by atoms with Gasteiger partial charge in [-0.3, -0.25) is 4.84 Å². The Morgan fingerprint density at radius 2 is 2.07 bits per heavy atom. The van der Waals surface area contributed by atoms with E-state index < -0.39 is 0 Å². The molecule has 4 nitrogen and oxygen atoms in total. The molecule has 0 saturated heterocycles. The van der Waals surface area contributed by atoms with Crippen LogP contribution < -0.4 is 5.90 Å². The maximum atomic E-state index is 4.97. The molecular formula is C9H9N3OS. The molecule has 0 atom stereocenters. The van der Waals surface area contributed by atoms with E-state index in [1.54, 1.807) is 0 Å². The molecule has 2 rings (SSSR count). The summed E-state index contributed by atoms with van der Waals surface area (Å²) >= 11 is 1.34.